The van der Waals surface area contributed by atoms with Crippen LogP contribution in [0.2, 0.25) is 0 Å². The molecule has 2 unspecified atom stereocenters. The van der Waals surface area contributed by atoms with Crippen LogP contribution in [0.25, 0.3) is 10.9 Å². The van der Waals surface area contributed by atoms with E-state index in [0.717, 1.165) is 8.25 Å². The van der Waals surface area contributed by atoms with E-state index in [1.54, 1.807) is 45.0 Å². The molecule has 2 atom stereocenters. The third-order valence-electron chi connectivity index (χ3n) is 3.65. The van der Waals surface area contributed by atoms with Crippen LogP contribution >= 0.6 is 22.6 Å². The topological polar surface area (TPSA) is 162 Å². The Morgan fingerprint density at radius 1 is 1.18 bits per heavy atom. The molecule has 174 valence electrons. The van der Waals surface area contributed by atoms with Gasteiger partial charge in [-0.25, -0.2) is 9.18 Å². The molecule has 0 bridgehead atoms. The van der Waals surface area contributed by atoms with Crippen molar-refractivity contribution in [1.82, 2.24) is 9.78 Å². The van der Waals surface area contributed by atoms with Crippen LogP contribution in [-0.4, -0.2) is 39.0 Å². The Hall–Kier alpha value is -0.140. The van der Waals surface area contributed by atoms with Crippen LogP contribution < -0.4 is 70.2 Å². The number of benzene rings is 2. The van der Waals surface area contributed by atoms with E-state index in [2.05, 4.69) is 10.4 Å². The Labute approximate surface area is 257 Å². The molecule has 0 saturated heterocycles. The number of hydrogen-bond donors (Lipinski definition) is 2. The van der Waals surface area contributed by atoms with Gasteiger partial charge in [0.05, 0.1) is 28.8 Å². The molecule has 3 rings (SSSR count). The van der Waals surface area contributed by atoms with Crippen molar-refractivity contribution >= 4 is 76.9 Å². The molecule has 0 radical (unpaired) electrons. The zero-order chi connectivity index (χ0) is 24.2. The number of hydrogen-bond acceptors (Lipinski definition) is 9. The van der Waals surface area contributed by atoms with Crippen molar-refractivity contribution in [3.05, 3.63) is 45.9 Å². The van der Waals surface area contributed by atoms with Gasteiger partial charge in [0.2, 0.25) is 0 Å². The van der Waals surface area contributed by atoms with E-state index in [4.69, 9.17) is 28.0 Å². The zero-order valence-corrected chi connectivity index (χ0v) is 26.7. The molecule has 0 spiro atoms. The van der Waals surface area contributed by atoms with Gasteiger partial charge in [0.25, 0.3) is 0 Å². The van der Waals surface area contributed by atoms with Gasteiger partial charge < -0.3 is 24.9 Å². The Bertz CT molecular complexity index is 1200. The van der Waals surface area contributed by atoms with Crippen molar-refractivity contribution in [3.63, 3.8) is 0 Å². The smallest absolute Gasteiger partial charge is 0.763 e. The maximum absolute atomic E-state index is 14.2. The van der Waals surface area contributed by atoms with Gasteiger partial charge in [-0.1, -0.05) is 0 Å². The number of rotatable bonds is 3. The van der Waals surface area contributed by atoms with Crippen molar-refractivity contribution in [2.45, 2.75) is 26.4 Å². The predicted molar refractivity (Wildman–Crippen MR) is 126 cm³/mol. The van der Waals surface area contributed by atoms with Gasteiger partial charge in [-0.3, -0.25) is 8.42 Å². The predicted octanol–water partition coefficient (Wildman–Crippen LogP) is -2.44. The molecule has 0 aliphatic carbocycles. The van der Waals surface area contributed by atoms with Crippen LogP contribution in [0.4, 0.5) is 26.2 Å². The molecule has 0 fully saturated rings. The van der Waals surface area contributed by atoms with Gasteiger partial charge in [-0.2, -0.15) is 9.78 Å². The standard InChI is InChI=1S/C18H18FIN4O2.2Na.H2O4S2/c1-18(2,3)26-17(25)24-15-7-5-13(21)16(11(15)9-22-24)23-14-6-4-10(20)8-12(14)19;;;1-5(2)6(3)4/h4-9,23H,21H2,1-3H3;;;(H,1,2)(H,3,4)/q;2*+1;/p-2. The molecule has 0 amide bonds. The summed E-state index contributed by atoms with van der Waals surface area (Å²) in [5.41, 5.74) is 7.12. The van der Waals surface area contributed by atoms with E-state index in [1.165, 1.54) is 12.3 Å². The van der Waals surface area contributed by atoms with Crippen LogP contribution in [0.5, 0.6) is 0 Å². The molecule has 0 saturated carbocycles. The maximum atomic E-state index is 14.2. The minimum absolute atomic E-state index is 0. The first kappa shape index (κ1) is 33.9. The number of fused-ring (bicyclic) bond motifs is 1. The number of nitrogens with one attached hydrogen (secondary N) is 1. The summed E-state index contributed by atoms with van der Waals surface area (Å²) >= 11 is 2.04. The van der Waals surface area contributed by atoms with Crippen LogP contribution in [0, 0.1) is 9.39 Å². The first-order valence-corrected chi connectivity index (χ1v) is 12.5. The van der Waals surface area contributed by atoms with Crippen LogP contribution in [0.15, 0.2) is 36.5 Å². The molecular formula is C18H18FIN4Na2O6S2. The minimum atomic E-state index is -2.95. The average molecular weight is 642 g/mol. The van der Waals surface area contributed by atoms with Crippen molar-refractivity contribution < 1.29 is 90.6 Å². The van der Waals surface area contributed by atoms with E-state index in [1.807, 2.05) is 22.6 Å². The van der Waals surface area contributed by atoms with E-state index < -0.39 is 37.7 Å². The molecule has 16 heteroatoms. The molecule has 2 aromatic carbocycles. The number of nitrogen functional groups attached to an aromatic ring is 1. The SMILES string of the molecule is CC(C)(C)OC(=O)n1ncc2c(Nc3ccc(I)cc3F)c(N)ccc21.O=S([O-])S(=O)[O-].[Na+].[Na+]. The third-order valence-corrected chi connectivity index (χ3v) is 5.21. The first-order chi connectivity index (χ1) is 14.8. The fraction of sp³-hybridized carbons (Fsp3) is 0.222. The van der Waals surface area contributed by atoms with Crippen molar-refractivity contribution in [2.75, 3.05) is 11.1 Å². The number of ether oxygens (including phenoxy) is 1. The molecule has 1 aromatic heterocycles. The van der Waals surface area contributed by atoms with Gasteiger partial charge in [-0.15, -0.1) is 0 Å². The molecule has 3 N–H and O–H groups in total. The van der Waals surface area contributed by atoms with Crippen LogP contribution in [0.1, 0.15) is 20.8 Å². The van der Waals surface area contributed by atoms with E-state index in [9.17, 15) is 9.18 Å². The summed E-state index contributed by atoms with van der Waals surface area (Å²) in [6.45, 7) is 5.34. The zero-order valence-electron chi connectivity index (χ0n) is 19.0. The summed E-state index contributed by atoms with van der Waals surface area (Å²) in [6.07, 6.45) is 0.909. The average Bonchev–Trinajstić information content (AvgIpc) is 3.09. The van der Waals surface area contributed by atoms with E-state index in [0.29, 0.717) is 22.3 Å². The molecule has 3 aromatic rings. The summed E-state index contributed by atoms with van der Waals surface area (Å²) in [6, 6.07) is 8.15. The monoisotopic (exact) mass is 642 g/mol. The quantitative estimate of drug-likeness (QED) is 0.104. The van der Waals surface area contributed by atoms with Crippen molar-refractivity contribution in [1.29, 1.82) is 0 Å². The Morgan fingerprint density at radius 2 is 1.76 bits per heavy atom. The van der Waals surface area contributed by atoms with Gasteiger partial charge in [0.15, 0.2) is 0 Å². The third kappa shape index (κ3) is 9.72. The van der Waals surface area contributed by atoms with Crippen LogP contribution in [-0.2, 0) is 25.0 Å². The van der Waals surface area contributed by atoms with Gasteiger partial charge in [0.1, 0.15) is 11.4 Å². The normalized spacial score (nSPS) is 12.3. The molecular weight excluding hydrogens is 624 g/mol. The number of nitrogens with two attached hydrogens (primary N) is 1. The molecule has 1 heterocycles. The fourth-order valence-corrected chi connectivity index (χ4v) is 2.89. The largest absolute Gasteiger partial charge is 1.00 e. The Balaban J connectivity index is 0.00000121. The molecule has 10 nitrogen and oxygen atoms in total. The molecule has 34 heavy (non-hydrogen) atoms. The summed E-state index contributed by atoms with van der Waals surface area (Å²) < 4.78 is 57.8. The summed E-state index contributed by atoms with van der Waals surface area (Å²) in [5.74, 6) is -0.396. The van der Waals surface area contributed by atoms with Crippen molar-refractivity contribution in [2.24, 2.45) is 0 Å². The summed E-state index contributed by atoms with van der Waals surface area (Å²) in [5, 5.41) is 7.70. The second-order valence-corrected chi connectivity index (χ2v) is 10.9. The second-order valence-electron chi connectivity index (χ2n) is 7.16. The van der Waals surface area contributed by atoms with Gasteiger partial charge in [0, 0.05) is 29.2 Å². The minimum Gasteiger partial charge on any atom is -0.763 e. The number of carbonyl (C=O) groups excluding carboxylic acids is 1. The Kier molecular flexibility index (Phi) is 14.5. The van der Waals surface area contributed by atoms with E-state index >= 15 is 0 Å². The van der Waals surface area contributed by atoms with Gasteiger partial charge in [-0.05, 0) is 73.7 Å². The first-order valence-electron chi connectivity index (χ1n) is 8.71. The summed E-state index contributed by atoms with van der Waals surface area (Å²) in [7, 11) is -5.90. The number of aromatic nitrogens is 2. The number of nitrogens with zero attached hydrogens (tertiary/aromatic N) is 2. The van der Waals surface area contributed by atoms with Crippen LogP contribution in [0.3, 0.4) is 0 Å². The summed E-state index contributed by atoms with van der Waals surface area (Å²) in [4.78, 5) is 12.3. The molecule has 0 aliphatic heterocycles. The molecule has 0 aliphatic rings. The van der Waals surface area contributed by atoms with E-state index in [-0.39, 0.29) is 64.8 Å². The van der Waals surface area contributed by atoms with Gasteiger partial charge >= 0.3 is 65.2 Å². The number of anilines is 3. The Morgan fingerprint density at radius 3 is 2.26 bits per heavy atom. The fourth-order valence-electron chi connectivity index (χ4n) is 2.43. The number of carbonyl (C=O) groups is 1. The van der Waals surface area contributed by atoms with Crippen molar-refractivity contribution in [3.8, 4) is 0 Å². The second kappa shape index (κ2) is 14.6. The maximum Gasteiger partial charge on any atom is 1.00 e. The number of halogens is 2.